The van der Waals surface area contributed by atoms with E-state index >= 15 is 0 Å². The number of ether oxygens (including phenoxy) is 1. The molecule has 16 heavy (non-hydrogen) atoms. The molecule has 1 aliphatic rings. The summed E-state index contributed by atoms with van der Waals surface area (Å²) in [7, 11) is 0. The second-order valence-electron chi connectivity index (χ2n) is 4.36. The van der Waals surface area contributed by atoms with Crippen LogP contribution in [0.3, 0.4) is 0 Å². The lowest BCUT2D eigenvalue weighted by Crippen LogP contribution is -2.15. The predicted molar refractivity (Wildman–Crippen MR) is 64.8 cm³/mol. The van der Waals surface area contributed by atoms with E-state index in [-0.39, 0.29) is 0 Å². The van der Waals surface area contributed by atoms with Crippen molar-refractivity contribution < 1.29 is 4.74 Å². The number of nitrogens with one attached hydrogen (secondary N) is 2. The lowest BCUT2D eigenvalue weighted by molar-refractivity contribution is 0.263. The van der Waals surface area contributed by atoms with E-state index in [2.05, 4.69) is 22.4 Å². The average molecular weight is 216 g/mol. The number of aromatic amines is 1. The number of hydrogen-bond donors (Lipinski definition) is 2. The molecule has 3 nitrogen and oxygen atoms in total. The van der Waals surface area contributed by atoms with Gasteiger partial charge in [0.1, 0.15) is 5.75 Å². The molecule has 1 atom stereocenters. The molecule has 3 rings (SSSR count). The maximum atomic E-state index is 5.90. The van der Waals surface area contributed by atoms with Gasteiger partial charge in [0.25, 0.3) is 0 Å². The van der Waals surface area contributed by atoms with Crippen LogP contribution in [0.4, 0.5) is 0 Å². The molecular formula is C13H16N2O. The fraction of sp³-hybridized carbons (Fsp3) is 0.385. The fourth-order valence-corrected chi connectivity index (χ4v) is 2.25. The molecule has 0 saturated carbocycles. The molecule has 0 amide bonds. The van der Waals surface area contributed by atoms with Gasteiger partial charge < -0.3 is 15.0 Å². The van der Waals surface area contributed by atoms with E-state index in [1.165, 1.54) is 11.8 Å². The minimum atomic E-state index is 0.661. The van der Waals surface area contributed by atoms with E-state index in [0.717, 1.165) is 31.0 Å². The Bertz CT molecular complexity index is 471. The number of rotatable bonds is 3. The molecule has 1 fully saturated rings. The molecule has 3 heteroatoms. The van der Waals surface area contributed by atoms with Crippen LogP contribution in [0.1, 0.15) is 6.42 Å². The Balaban J connectivity index is 1.75. The fourth-order valence-electron chi connectivity index (χ4n) is 2.25. The van der Waals surface area contributed by atoms with Crippen LogP contribution in [0.2, 0.25) is 0 Å². The maximum Gasteiger partial charge on any atom is 0.128 e. The molecule has 2 N–H and O–H groups in total. The van der Waals surface area contributed by atoms with Gasteiger partial charge >= 0.3 is 0 Å². The van der Waals surface area contributed by atoms with Crippen LogP contribution < -0.4 is 10.1 Å². The molecule has 0 radical (unpaired) electrons. The highest BCUT2D eigenvalue weighted by Gasteiger charge is 2.15. The Kier molecular flexibility index (Phi) is 2.54. The summed E-state index contributed by atoms with van der Waals surface area (Å²) >= 11 is 0. The highest BCUT2D eigenvalue weighted by molar-refractivity contribution is 5.85. The van der Waals surface area contributed by atoms with Gasteiger partial charge in [-0.2, -0.15) is 0 Å². The Morgan fingerprint density at radius 3 is 3.19 bits per heavy atom. The minimum absolute atomic E-state index is 0.661. The molecule has 0 spiro atoms. The van der Waals surface area contributed by atoms with E-state index < -0.39 is 0 Å². The van der Waals surface area contributed by atoms with Gasteiger partial charge in [-0.25, -0.2) is 0 Å². The summed E-state index contributed by atoms with van der Waals surface area (Å²) in [5, 5.41) is 4.53. The molecule has 1 aliphatic heterocycles. The van der Waals surface area contributed by atoms with Crippen molar-refractivity contribution in [1.29, 1.82) is 0 Å². The van der Waals surface area contributed by atoms with Gasteiger partial charge in [-0.3, -0.25) is 0 Å². The number of benzene rings is 1. The first-order valence-corrected chi connectivity index (χ1v) is 5.83. The van der Waals surface area contributed by atoms with Crippen LogP contribution in [-0.4, -0.2) is 24.7 Å². The normalized spacial score (nSPS) is 20.4. The SMILES string of the molecule is c1cc(OCC2CCNC2)c2cc[nH]c2c1. The third-order valence-electron chi connectivity index (χ3n) is 3.19. The molecule has 1 unspecified atom stereocenters. The van der Waals surface area contributed by atoms with Crippen LogP contribution >= 0.6 is 0 Å². The van der Waals surface area contributed by atoms with Crippen molar-refractivity contribution in [1.82, 2.24) is 10.3 Å². The number of fused-ring (bicyclic) bond motifs is 1. The van der Waals surface area contributed by atoms with E-state index in [4.69, 9.17) is 4.74 Å². The van der Waals surface area contributed by atoms with E-state index in [1.54, 1.807) is 0 Å². The van der Waals surface area contributed by atoms with Gasteiger partial charge in [0.05, 0.1) is 6.61 Å². The molecular weight excluding hydrogens is 200 g/mol. The zero-order valence-corrected chi connectivity index (χ0v) is 9.20. The number of aromatic nitrogens is 1. The first kappa shape index (κ1) is 9.73. The highest BCUT2D eigenvalue weighted by atomic mass is 16.5. The van der Waals surface area contributed by atoms with Gasteiger partial charge in [-0.1, -0.05) is 6.07 Å². The van der Waals surface area contributed by atoms with Crippen molar-refractivity contribution in [3.63, 3.8) is 0 Å². The lowest BCUT2D eigenvalue weighted by atomic mass is 10.1. The smallest absolute Gasteiger partial charge is 0.128 e. The molecule has 1 aromatic carbocycles. The van der Waals surface area contributed by atoms with Crippen LogP contribution in [0.25, 0.3) is 10.9 Å². The minimum Gasteiger partial charge on any atom is -0.493 e. The maximum absolute atomic E-state index is 5.90. The molecule has 84 valence electrons. The molecule has 0 bridgehead atoms. The Labute approximate surface area is 94.8 Å². The predicted octanol–water partition coefficient (Wildman–Crippen LogP) is 2.16. The third-order valence-corrected chi connectivity index (χ3v) is 3.19. The summed E-state index contributed by atoms with van der Waals surface area (Å²) in [6.45, 7) is 3.03. The molecule has 0 aliphatic carbocycles. The largest absolute Gasteiger partial charge is 0.493 e. The molecule has 1 aromatic heterocycles. The average Bonchev–Trinajstić information content (AvgIpc) is 2.97. The van der Waals surface area contributed by atoms with E-state index in [1.807, 2.05) is 18.3 Å². The van der Waals surface area contributed by atoms with Crippen molar-refractivity contribution in [3.05, 3.63) is 30.5 Å². The Morgan fingerprint density at radius 2 is 2.31 bits per heavy atom. The topological polar surface area (TPSA) is 37.0 Å². The summed E-state index contributed by atoms with van der Waals surface area (Å²) in [5.41, 5.74) is 1.14. The van der Waals surface area contributed by atoms with Crippen LogP contribution in [0.15, 0.2) is 30.5 Å². The molecule has 2 aromatic rings. The van der Waals surface area contributed by atoms with Gasteiger partial charge in [0.15, 0.2) is 0 Å². The van der Waals surface area contributed by atoms with Crippen molar-refractivity contribution in [2.24, 2.45) is 5.92 Å². The molecule has 1 saturated heterocycles. The number of H-pyrrole nitrogens is 1. The lowest BCUT2D eigenvalue weighted by Gasteiger charge is -2.11. The number of hydrogen-bond acceptors (Lipinski definition) is 2. The van der Waals surface area contributed by atoms with Crippen molar-refractivity contribution in [2.45, 2.75) is 6.42 Å². The zero-order chi connectivity index (χ0) is 10.8. The second kappa shape index (κ2) is 4.18. The third kappa shape index (κ3) is 1.78. The summed E-state index contributed by atoms with van der Waals surface area (Å²) in [6.07, 6.45) is 3.18. The quantitative estimate of drug-likeness (QED) is 0.825. The van der Waals surface area contributed by atoms with Gasteiger partial charge in [0, 0.05) is 29.6 Å². The summed E-state index contributed by atoms with van der Waals surface area (Å²) in [4.78, 5) is 3.20. The van der Waals surface area contributed by atoms with E-state index in [0.29, 0.717) is 5.92 Å². The van der Waals surface area contributed by atoms with Gasteiger partial charge in [-0.05, 0) is 31.2 Å². The summed E-state index contributed by atoms with van der Waals surface area (Å²) in [5.74, 6) is 1.65. The van der Waals surface area contributed by atoms with E-state index in [9.17, 15) is 0 Å². The first-order chi connectivity index (χ1) is 7.93. The van der Waals surface area contributed by atoms with Crippen LogP contribution in [0.5, 0.6) is 5.75 Å². The second-order valence-corrected chi connectivity index (χ2v) is 4.36. The van der Waals surface area contributed by atoms with Crippen molar-refractivity contribution >= 4 is 10.9 Å². The highest BCUT2D eigenvalue weighted by Crippen LogP contribution is 2.25. The molecule has 2 heterocycles. The summed E-state index contributed by atoms with van der Waals surface area (Å²) < 4.78 is 5.90. The van der Waals surface area contributed by atoms with Crippen molar-refractivity contribution in [3.8, 4) is 5.75 Å². The Hall–Kier alpha value is -1.48. The van der Waals surface area contributed by atoms with Crippen LogP contribution in [-0.2, 0) is 0 Å². The van der Waals surface area contributed by atoms with Crippen LogP contribution in [0, 0.1) is 5.92 Å². The zero-order valence-electron chi connectivity index (χ0n) is 9.20. The monoisotopic (exact) mass is 216 g/mol. The van der Waals surface area contributed by atoms with Gasteiger partial charge in [0.2, 0.25) is 0 Å². The standard InChI is InChI=1S/C13H16N2O/c1-2-12-11(5-7-15-12)13(3-1)16-9-10-4-6-14-8-10/h1-3,5,7,10,14-15H,4,6,8-9H2. The van der Waals surface area contributed by atoms with Crippen molar-refractivity contribution in [2.75, 3.05) is 19.7 Å². The summed E-state index contributed by atoms with van der Waals surface area (Å²) in [6, 6.07) is 8.20. The van der Waals surface area contributed by atoms with Gasteiger partial charge in [-0.15, -0.1) is 0 Å². The Morgan fingerprint density at radius 1 is 1.31 bits per heavy atom. The first-order valence-electron chi connectivity index (χ1n) is 5.83.